The zero-order chi connectivity index (χ0) is 11.1. The Hall–Kier alpha value is -0.830. The maximum absolute atomic E-state index is 10.8. The largest absolute Gasteiger partial charge is 0.463 e. The molecule has 0 N–H and O–H groups in total. The number of carbonyl (C=O) groups excluding carboxylic acids is 1. The standard InChI is InChI=1S/C12H20O3/c1-3-5-6-12(9-14-10-12)7-8-15-11(13)4-2/h4H,2-3,5-10H2,1H3. The highest BCUT2D eigenvalue weighted by Crippen LogP contribution is 2.36. The van der Waals surface area contributed by atoms with E-state index in [1.54, 1.807) is 0 Å². The molecule has 0 unspecified atom stereocenters. The monoisotopic (exact) mass is 212 g/mol. The lowest BCUT2D eigenvalue weighted by Gasteiger charge is -2.41. The number of unbranched alkanes of at least 4 members (excludes halogenated alkanes) is 1. The molecule has 1 rings (SSSR count). The Labute approximate surface area is 91.4 Å². The van der Waals surface area contributed by atoms with Crippen molar-refractivity contribution in [3.63, 3.8) is 0 Å². The smallest absolute Gasteiger partial charge is 0.330 e. The molecule has 0 aromatic heterocycles. The molecule has 1 heterocycles. The molecule has 0 aliphatic carbocycles. The lowest BCUT2D eigenvalue weighted by atomic mass is 9.78. The van der Waals surface area contributed by atoms with Crippen LogP contribution in [-0.2, 0) is 14.3 Å². The van der Waals surface area contributed by atoms with Gasteiger partial charge in [-0.25, -0.2) is 4.79 Å². The molecule has 0 amide bonds. The predicted octanol–water partition coefficient (Wildman–Crippen LogP) is 2.31. The summed E-state index contributed by atoms with van der Waals surface area (Å²) in [6, 6.07) is 0. The summed E-state index contributed by atoms with van der Waals surface area (Å²) in [5, 5.41) is 0. The first kappa shape index (κ1) is 12.2. The number of hydrogen-bond acceptors (Lipinski definition) is 3. The molecule has 86 valence electrons. The molecule has 0 aromatic rings. The maximum atomic E-state index is 10.8. The second-order valence-electron chi connectivity index (χ2n) is 4.22. The van der Waals surface area contributed by atoms with Crippen molar-refractivity contribution >= 4 is 5.97 Å². The summed E-state index contributed by atoms with van der Waals surface area (Å²) in [6.07, 6.45) is 5.71. The summed E-state index contributed by atoms with van der Waals surface area (Å²) in [5.41, 5.74) is 0.275. The third-order valence-corrected chi connectivity index (χ3v) is 2.92. The molecular weight excluding hydrogens is 192 g/mol. The first-order valence-corrected chi connectivity index (χ1v) is 5.59. The van der Waals surface area contributed by atoms with E-state index in [1.807, 2.05) is 0 Å². The maximum Gasteiger partial charge on any atom is 0.330 e. The van der Waals surface area contributed by atoms with Crippen LogP contribution in [0.15, 0.2) is 12.7 Å². The van der Waals surface area contributed by atoms with E-state index in [2.05, 4.69) is 13.5 Å². The van der Waals surface area contributed by atoms with Crippen LogP contribution in [0.1, 0.15) is 32.6 Å². The van der Waals surface area contributed by atoms with Gasteiger partial charge in [0.2, 0.25) is 0 Å². The van der Waals surface area contributed by atoms with E-state index >= 15 is 0 Å². The molecule has 15 heavy (non-hydrogen) atoms. The molecule has 1 saturated heterocycles. The fourth-order valence-electron chi connectivity index (χ4n) is 1.78. The summed E-state index contributed by atoms with van der Waals surface area (Å²) in [7, 11) is 0. The van der Waals surface area contributed by atoms with Crippen molar-refractivity contribution in [2.24, 2.45) is 5.41 Å². The van der Waals surface area contributed by atoms with E-state index in [9.17, 15) is 4.79 Å². The van der Waals surface area contributed by atoms with Crippen molar-refractivity contribution in [1.82, 2.24) is 0 Å². The van der Waals surface area contributed by atoms with Crippen LogP contribution in [0.4, 0.5) is 0 Å². The van der Waals surface area contributed by atoms with Gasteiger partial charge in [-0.05, 0) is 12.8 Å². The average molecular weight is 212 g/mol. The minimum Gasteiger partial charge on any atom is -0.463 e. The van der Waals surface area contributed by atoms with Gasteiger partial charge in [-0.2, -0.15) is 0 Å². The molecule has 0 aromatic carbocycles. The summed E-state index contributed by atoms with van der Waals surface area (Å²) >= 11 is 0. The van der Waals surface area contributed by atoms with Crippen LogP contribution in [0, 0.1) is 5.41 Å². The molecule has 1 aliphatic heterocycles. The van der Waals surface area contributed by atoms with Crippen LogP contribution in [0.3, 0.4) is 0 Å². The zero-order valence-corrected chi connectivity index (χ0v) is 9.46. The summed E-state index contributed by atoms with van der Waals surface area (Å²) in [4.78, 5) is 10.8. The molecule has 0 spiro atoms. The number of carbonyl (C=O) groups is 1. The van der Waals surface area contributed by atoms with Crippen molar-refractivity contribution in [1.29, 1.82) is 0 Å². The fraction of sp³-hybridized carbons (Fsp3) is 0.750. The van der Waals surface area contributed by atoms with E-state index in [4.69, 9.17) is 9.47 Å². The normalized spacial score (nSPS) is 17.9. The molecule has 0 saturated carbocycles. The van der Waals surface area contributed by atoms with Gasteiger partial charge < -0.3 is 9.47 Å². The Bertz CT molecular complexity index is 219. The Kier molecular flexibility index (Phi) is 4.82. The molecule has 1 fully saturated rings. The predicted molar refractivity (Wildman–Crippen MR) is 58.6 cm³/mol. The highest BCUT2D eigenvalue weighted by molar-refractivity contribution is 5.81. The minimum absolute atomic E-state index is 0.275. The quantitative estimate of drug-likeness (QED) is 0.480. The van der Waals surface area contributed by atoms with Crippen molar-refractivity contribution in [3.8, 4) is 0 Å². The van der Waals surface area contributed by atoms with E-state index in [1.165, 1.54) is 25.3 Å². The van der Waals surface area contributed by atoms with Gasteiger partial charge in [-0.3, -0.25) is 0 Å². The van der Waals surface area contributed by atoms with Gasteiger partial charge >= 0.3 is 5.97 Å². The van der Waals surface area contributed by atoms with Gasteiger partial charge in [0.1, 0.15) is 0 Å². The van der Waals surface area contributed by atoms with Gasteiger partial charge in [0, 0.05) is 11.5 Å². The molecule has 0 bridgehead atoms. The Morgan fingerprint density at radius 1 is 1.53 bits per heavy atom. The Balaban J connectivity index is 2.21. The Morgan fingerprint density at radius 3 is 2.73 bits per heavy atom. The fourth-order valence-corrected chi connectivity index (χ4v) is 1.78. The van der Waals surface area contributed by atoms with Crippen molar-refractivity contribution < 1.29 is 14.3 Å². The topological polar surface area (TPSA) is 35.5 Å². The summed E-state index contributed by atoms with van der Waals surface area (Å²) < 4.78 is 10.2. The van der Waals surface area contributed by atoms with Crippen LogP contribution in [0.2, 0.25) is 0 Å². The number of rotatable bonds is 7. The van der Waals surface area contributed by atoms with E-state index in [0.717, 1.165) is 19.6 Å². The highest BCUT2D eigenvalue weighted by atomic mass is 16.5. The van der Waals surface area contributed by atoms with Crippen molar-refractivity contribution in [2.45, 2.75) is 32.6 Å². The lowest BCUT2D eigenvalue weighted by molar-refractivity contribution is -0.148. The van der Waals surface area contributed by atoms with Gasteiger partial charge in [0.15, 0.2) is 0 Å². The number of hydrogen-bond donors (Lipinski definition) is 0. The lowest BCUT2D eigenvalue weighted by Crippen LogP contribution is -2.43. The van der Waals surface area contributed by atoms with Crippen LogP contribution in [0.25, 0.3) is 0 Å². The van der Waals surface area contributed by atoms with Gasteiger partial charge in [-0.15, -0.1) is 0 Å². The van der Waals surface area contributed by atoms with Crippen LogP contribution in [0.5, 0.6) is 0 Å². The SMILES string of the molecule is C=CC(=O)OCCC1(CCCC)COC1. The van der Waals surface area contributed by atoms with Crippen molar-refractivity contribution in [2.75, 3.05) is 19.8 Å². The summed E-state index contributed by atoms with van der Waals surface area (Å²) in [6.45, 7) is 7.67. The van der Waals surface area contributed by atoms with Crippen molar-refractivity contribution in [3.05, 3.63) is 12.7 Å². The van der Waals surface area contributed by atoms with Crippen LogP contribution < -0.4 is 0 Å². The number of esters is 1. The average Bonchev–Trinajstić information content (AvgIpc) is 2.20. The summed E-state index contributed by atoms with van der Waals surface area (Å²) in [5.74, 6) is -0.333. The van der Waals surface area contributed by atoms with Crippen LogP contribution in [-0.4, -0.2) is 25.8 Å². The van der Waals surface area contributed by atoms with Gasteiger partial charge in [-0.1, -0.05) is 26.3 Å². The third kappa shape index (κ3) is 3.67. The van der Waals surface area contributed by atoms with E-state index in [-0.39, 0.29) is 11.4 Å². The molecule has 0 radical (unpaired) electrons. The first-order valence-electron chi connectivity index (χ1n) is 5.59. The molecule has 0 atom stereocenters. The van der Waals surface area contributed by atoms with E-state index in [0.29, 0.717) is 6.61 Å². The van der Waals surface area contributed by atoms with Gasteiger partial charge in [0.25, 0.3) is 0 Å². The molecule has 3 nitrogen and oxygen atoms in total. The third-order valence-electron chi connectivity index (χ3n) is 2.92. The zero-order valence-electron chi connectivity index (χ0n) is 9.46. The van der Waals surface area contributed by atoms with E-state index < -0.39 is 0 Å². The first-order chi connectivity index (χ1) is 7.22. The van der Waals surface area contributed by atoms with Gasteiger partial charge in [0.05, 0.1) is 19.8 Å². The highest BCUT2D eigenvalue weighted by Gasteiger charge is 2.37. The molecule has 1 aliphatic rings. The Morgan fingerprint density at radius 2 is 2.27 bits per heavy atom. The molecular formula is C12H20O3. The van der Waals surface area contributed by atoms with Crippen LogP contribution >= 0.6 is 0 Å². The number of ether oxygens (including phenoxy) is 2. The molecule has 3 heteroatoms. The second kappa shape index (κ2) is 5.91. The second-order valence-corrected chi connectivity index (χ2v) is 4.22. The minimum atomic E-state index is -0.333.